The second kappa shape index (κ2) is 8.37. The highest BCUT2D eigenvalue weighted by molar-refractivity contribution is 6.21. The monoisotopic (exact) mass is 454 g/mol. The second-order valence-corrected chi connectivity index (χ2v) is 7.86. The molecule has 0 radical (unpaired) electrons. The van der Waals surface area contributed by atoms with Crippen LogP contribution in [0.15, 0.2) is 54.6 Å². The third-order valence-electron chi connectivity index (χ3n) is 5.89. The maximum atomic E-state index is 12.8. The van der Waals surface area contributed by atoms with Crippen LogP contribution in [-0.2, 0) is 24.5 Å². The van der Waals surface area contributed by atoms with Crippen molar-refractivity contribution in [1.82, 2.24) is 4.90 Å². The molecule has 2 aliphatic heterocycles. The summed E-state index contributed by atoms with van der Waals surface area (Å²) in [4.78, 5) is 38.5. The van der Waals surface area contributed by atoms with Crippen LogP contribution in [0.2, 0.25) is 0 Å². The van der Waals surface area contributed by atoms with Gasteiger partial charge < -0.3 is 14.2 Å². The van der Waals surface area contributed by atoms with Gasteiger partial charge >= 0.3 is 5.97 Å². The Morgan fingerprint density at radius 1 is 0.971 bits per heavy atom. The van der Waals surface area contributed by atoms with Crippen molar-refractivity contribution >= 4 is 17.8 Å². The summed E-state index contributed by atoms with van der Waals surface area (Å²) < 4.78 is 16.6. The van der Waals surface area contributed by atoms with Gasteiger partial charge in [-0.1, -0.05) is 18.2 Å². The third kappa shape index (κ3) is 3.53. The van der Waals surface area contributed by atoms with Gasteiger partial charge in [-0.25, -0.2) is 4.79 Å². The molecule has 8 heteroatoms. The van der Waals surface area contributed by atoms with Gasteiger partial charge in [0.2, 0.25) is 0 Å². The van der Waals surface area contributed by atoms with Gasteiger partial charge in [-0.2, -0.15) is 5.26 Å². The van der Waals surface area contributed by atoms with Crippen LogP contribution in [0, 0.1) is 11.3 Å². The molecule has 0 bridgehead atoms. The number of rotatable bonds is 3. The van der Waals surface area contributed by atoms with E-state index in [-0.39, 0.29) is 25.3 Å². The average Bonchev–Trinajstić information content (AvgIpc) is 3.10. The fraction of sp³-hybridized carbons (Fsp3) is 0.154. The van der Waals surface area contributed by atoms with Crippen LogP contribution in [0.4, 0.5) is 0 Å². The van der Waals surface area contributed by atoms with Gasteiger partial charge in [0.1, 0.15) is 13.2 Å². The van der Waals surface area contributed by atoms with Crippen molar-refractivity contribution < 1.29 is 28.6 Å². The maximum Gasteiger partial charge on any atom is 0.337 e. The van der Waals surface area contributed by atoms with E-state index in [0.717, 1.165) is 16.0 Å². The number of amides is 2. The molecule has 0 saturated carbocycles. The first kappa shape index (κ1) is 21.2. The minimum atomic E-state index is -0.448. The van der Waals surface area contributed by atoms with Crippen LogP contribution >= 0.6 is 0 Å². The molecule has 168 valence electrons. The summed E-state index contributed by atoms with van der Waals surface area (Å²) in [5.74, 6) is -0.492. The molecule has 2 aliphatic rings. The number of imide groups is 1. The van der Waals surface area contributed by atoms with Gasteiger partial charge in [-0.3, -0.25) is 14.5 Å². The van der Waals surface area contributed by atoms with Crippen molar-refractivity contribution in [3.05, 3.63) is 93.5 Å². The minimum Gasteiger partial charge on any atom is -0.485 e. The normalized spacial score (nSPS) is 13.9. The molecule has 0 saturated heterocycles. The quantitative estimate of drug-likeness (QED) is 0.440. The van der Waals surface area contributed by atoms with Gasteiger partial charge in [-0.05, 0) is 47.0 Å². The predicted octanol–water partition coefficient (Wildman–Crippen LogP) is 3.61. The van der Waals surface area contributed by atoms with Gasteiger partial charge in [0, 0.05) is 6.07 Å². The van der Waals surface area contributed by atoms with Crippen molar-refractivity contribution in [1.29, 1.82) is 5.26 Å². The number of esters is 1. The molecule has 0 aromatic heterocycles. The standard InChI is InChI=1S/C26H18N2O6/c1-32-26(31)15-6-7-16-13-33-23-10-18(17(11-27)9-22(23)34-14-19(16)8-15)12-28-24(29)20-4-2-3-5-21(20)25(28)30/h2-10H,12-14H2,1H3. The summed E-state index contributed by atoms with van der Waals surface area (Å²) in [6.07, 6.45) is 0. The number of hydrogen-bond donors (Lipinski definition) is 0. The number of fused-ring (bicyclic) bond motifs is 3. The zero-order chi connectivity index (χ0) is 23.8. The highest BCUT2D eigenvalue weighted by Crippen LogP contribution is 2.36. The SMILES string of the molecule is COC(=O)c1ccc2c(c1)COc1cc(C#N)c(CN3C(=O)c4ccccc4C3=O)cc1OC2. The topological polar surface area (TPSA) is 106 Å². The maximum absolute atomic E-state index is 12.8. The van der Waals surface area contributed by atoms with Gasteiger partial charge in [0.25, 0.3) is 11.8 Å². The molecule has 8 nitrogen and oxygen atoms in total. The molecule has 0 atom stereocenters. The number of methoxy groups -OCH3 is 1. The number of ether oxygens (including phenoxy) is 3. The number of nitriles is 1. The number of benzene rings is 3. The van der Waals surface area contributed by atoms with Crippen LogP contribution < -0.4 is 9.47 Å². The van der Waals surface area contributed by atoms with E-state index in [1.165, 1.54) is 13.2 Å². The van der Waals surface area contributed by atoms with Gasteiger partial charge in [0.05, 0.1) is 42.0 Å². The van der Waals surface area contributed by atoms with Crippen LogP contribution in [0.1, 0.15) is 53.3 Å². The number of carbonyl (C=O) groups excluding carboxylic acids is 3. The lowest BCUT2D eigenvalue weighted by atomic mass is 10.0. The zero-order valence-electron chi connectivity index (χ0n) is 18.2. The Morgan fingerprint density at radius 2 is 1.62 bits per heavy atom. The van der Waals surface area contributed by atoms with Crippen molar-refractivity contribution in [2.45, 2.75) is 19.8 Å². The van der Waals surface area contributed by atoms with E-state index in [9.17, 15) is 19.6 Å². The summed E-state index contributed by atoms with van der Waals surface area (Å²) in [7, 11) is 1.32. The molecule has 5 rings (SSSR count). The molecule has 3 aromatic rings. The fourth-order valence-corrected chi connectivity index (χ4v) is 4.07. The Kier molecular flexibility index (Phi) is 5.22. The molecule has 3 aromatic carbocycles. The lowest BCUT2D eigenvalue weighted by molar-refractivity contribution is 0.0597. The zero-order valence-corrected chi connectivity index (χ0v) is 18.2. The van der Waals surface area contributed by atoms with Crippen molar-refractivity contribution in [3.8, 4) is 17.6 Å². The second-order valence-electron chi connectivity index (χ2n) is 7.86. The molecule has 0 spiro atoms. The van der Waals surface area contributed by atoms with E-state index in [2.05, 4.69) is 6.07 Å². The molecule has 2 amide bonds. The molecule has 0 fully saturated rings. The van der Waals surface area contributed by atoms with Crippen LogP contribution in [0.25, 0.3) is 0 Å². The first-order valence-corrected chi connectivity index (χ1v) is 10.5. The predicted molar refractivity (Wildman–Crippen MR) is 118 cm³/mol. The highest BCUT2D eigenvalue weighted by atomic mass is 16.5. The average molecular weight is 454 g/mol. The Morgan fingerprint density at radius 3 is 2.26 bits per heavy atom. The third-order valence-corrected chi connectivity index (χ3v) is 5.89. The lowest BCUT2D eigenvalue weighted by Gasteiger charge is -2.22. The Hall–Kier alpha value is -4.64. The molecule has 0 aliphatic carbocycles. The smallest absolute Gasteiger partial charge is 0.337 e. The first-order valence-electron chi connectivity index (χ1n) is 10.5. The number of hydrogen-bond acceptors (Lipinski definition) is 7. The summed E-state index contributed by atoms with van der Waals surface area (Å²) >= 11 is 0. The van der Waals surface area contributed by atoms with E-state index < -0.39 is 17.8 Å². The molecule has 0 N–H and O–H groups in total. The minimum absolute atomic E-state index is 0.0645. The van der Waals surface area contributed by atoms with E-state index >= 15 is 0 Å². The largest absolute Gasteiger partial charge is 0.485 e. The highest BCUT2D eigenvalue weighted by Gasteiger charge is 2.35. The number of carbonyl (C=O) groups is 3. The lowest BCUT2D eigenvalue weighted by Crippen LogP contribution is -2.29. The van der Waals surface area contributed by atoms with Crippen LogP contribution in [-0.4, -0.2) is 29.8 Å². The van der Waals surface area contributed by atoms with E-state index in [1.807, 2.05) is 0 Å². The summed E-state index contributed by atoms with van der Waals surface area (Å²) in [6.45, 7) is 0.315. The Balaban J connectivity index is 1.44. The van der Waals surface area contributed by atoms with E-state index in [1.54, 1.807) is 48.5 Å². The summed E-state index contributed by atoms with van der Waals surface area (Å²) in [5, 5.41) is 9.72. The molecular weight excluding hydrogens is 436 g/mol. The molecule has 2 heterocycles. The van der Waals surface area contributed by atoms with E-state index in [0.29, 0.717) is 33.8 Å². The Bertz CT molecular complexity index is 1370. The van der Waals surface area contributed by atoms with Crippen molar-refractivity contribution in [3.63, 3.8) is 0 Å². The van der Waals surface area contributed by atoms with Crippen LogP contribution in [0.3, 0.4) is 0 Å². The first-order chi connectivity index (χ1) is 16.5. The molecule has 34 heavy (non-hydrogen) atoms. The van der Waals surface area contributed by atoms with Crippen molar-refractivity contribution in [2.75, 3.05) is 7.11 Å². The summed E-state index contributed by atoms with van der Waals surface area (Å²) in [5.41, 5.74) is 3.44. The molecular formula is C26H18N2O6. The van der Waals surface area contributed by atoms with Crippen molar-refractivity contribution in [2.24, 2.45) is 0 Å². The fourth-order valence-electron chi connectivity index (χ4n) is 4.07. The van der Waals surface area contributed by atoms with Gasteiger partial charge in [-0.15, -0.1) is 0 Å². The summed E-state index contributed by atoms with van der Waals surface area (Å²) in [6, 6.07) is 17.0. The van der Waals surface area contributed by atoms with Gasteiger partial charge in [0.15, 0.2) is 11.5 Å². The van der Waals surface area contributed by atoms with Crippen LogP contribution in [0.5, 0.6) is 11.5 Å². The molecule has 0 unspecified atom stereocenters. The number of nitrogens with zero attached hydrogens (tertiary/aromatic N) is 2. The van der Waals surface area contributed by atoms with E-state index in [4.69, 9.17) is 14.2 Å². The Labute approximate surface area is 194 Å².